The molecule has 1 aromatic heterocycles. The van der Waals surface area contributed by atoms with Crippen LogP contribution in [0.3, 0.4) is 0 Å². The van der Waals surface area contributed by atoms with Gasteiger partial charge in [-0.15, -0.1) is 0 Å². The van der Waals surface area contributed by atoms with Crippen LogP contribution in [0.2, 0.25) is 0 Å². The van der Waals surface area contributed by atoms with Gasteiger partial charge in [0.25, 0.3) is 0 Å². The molecule has 2 heterocycles. The van der Waals surface area contributed by atoms with Crippen LogP contribution in [0.25, 0.3) is 0 Å². The summed E-state index contributed by atoms with van der Waals surface area (Å²) in [4.78, 5) is 18.7. The Morgan fingerprint density at radius 2 is 2.08 bits per heavy atom. The maximum atomic E-state index is 12.6. The molecule has 0 unspecified atom stereocenters. The first-order valence-corrected chi connectivity index (χ1v) is 9.65. The zero-order valence-electron chi connectivity index (χ0n) is 15.8. The molecule has 1 aliphatic rings. The summed E-state index contributed by atoms with van der Waals surface area (Å²) in [5.41, 5.74) is 3.62. The van der Waals surface area contributed by atoms with Crippen molar-refractivity contribution in [3.8, 4) is 0 Å². The van der Waals surface area contributed by atoms with E-state index in [4.69, 9.17) is 0 Å². The molecule has 3 rings (SSSR count). The highest BCUT2D eigenvalue weighted by Crippen LogP contribution is 2.20. The van der Waals surface area contributed by atoms with Gasteiger partial charge in [-0.3, -0.25) is 9.78 Å². The molecule has 4 nitrogen and oxygen atoms in total. The van der Waals surface area contributed by atoms with Crippen molar-refractivity contribution in [1.29, 1.82) is 0 Å². The summed E-state index contributed by atoms with van der Waals surface area (Å²) in [6, 6.07) is 13.0. The van der Waals surface area contributed by atoms with Gasteiger partial charge in [0.15, 0.2) is 0 Å². The second kappa shape index (κ2) is 8.84. The van der Waals surface area contributed by atoms with Crippen molar-refractivity contribution in [1.82, 2.24) is 9.88 Å². The molecule has 1 aliphatic heterocycles. The Balaban J connectivity index is 1.51. The lowest BCUT2D eigenvalue weighted by atomic mass is 10.0. The molecule has 138 valence electrons. The summed E-state index contributed by atoms with van der Waals surface area (Å²) in [7, 11) is 0. The zero-order valence-corrected chi connectivity index (χ0v) is 15.8. The number of amides is 1. The van der Waals surface area contributed by atoms with Crippen molar-refractivity contribution < 1.29 is 4.79 Å². The maximum absolute atomic E-state index is 12.6. The summed E-state index contributed by atoms with van der Waals surface area (Å²) in [5.74, 6) is 0.794. The van der Waals surface area contributed by atoms with Gasteiger partial charge in [0.2, 0.25) is 5.91 Å². The van der Waals surface area contributed by atoms with Crippen LogP contribution >= 0.6 is 0 Å². The Morgan fingerprint density at radius 3 is 2.77 bits per heavy atom. The molecule has 1 amide bonds. The van der Waals surface area contributed by atoms with Crippen molar-refractivity contribution in [2.75, 3.05) is 18.4 Å². The van der Waals surface area contributed by atoms with Gasteiger partial charge in [0.1, 0.15) is 0 Å². The van der Waals surface area contributed by atoms with E-state index >= 15 is 0 Å². The molecular formula is C22H29N3O. The number of nitrogens with zero attached hydrogens (tertiary/aromatic N) is 2. The van der Waals surface area contributed by atoms with Crippen LogP contribution in [0.5, 0.6) is 0 Å². The molecule has 0 saturated carbocycles. The number of likely N-dealkylation sites (tertiary alicyclic amines) is 1. The van der Waals surface area contributed by atoms with Crippen molar-refractivity contribution >= 4 is 11.6 Å². The van der Waals surface area contributed by atoms with Crippen LogP contribution in [0.15, 0.2) is 48.8 Å². The Kier molecular flexibility index (Phi) is 6.26. The summed E-state index contributed by atoms with van der Waals surface area (Å²) in [6.07, 6.45) is 7.09. The topological polar surface area (TPSA) is 45.2 Å². The lowest BCUT2D eigenvalue weighted by Crippen LogP contribution is -2.45. The smallest absolute Gasteiger partial charge is 0.222 e. The summed E-state index contributed by atoms with van der Waals surface area (Å²) >= 11 is 0. The monoisotopic (exact) mass is 351 g/mol. The first-order valence-electron chi connectivity index (χ1n) is 9.65. The van der Waals surface area contributed by atoms with E-state index in [0.29, 0.717) is 18.4 Å². The van der Waals surface area contributed by atoms with Gasteiger partial charge in [0.05, 0.1) is 0 Å². The number of hydrogen-bond donors (Lipinski definition) is 1. The molecule has 0 aliphatic carbocycles. The van der Waals surface area contributed by atoms with E-state index in [9.17, 15) is 4.79 Å². The molecule has 0 radical (unpaired) electrons. The molecule has 2 aromatic rings. The average Bonchev–Trinajstić information content (AvgIpc) is 2.67. The minimum absolute atomic E-state index is 0.246. The zero-order chi connectivity index (χ0) is 18.4. The summed E-state index contributed by atoms with van der Waals surface area (Å²) < 4.78 is 0. The number of piperidine rings is 1. The largest absolute Gasteiger partial charge is 0.381 e. The van der Waals surface area contributed by atoms with E-state index in [2.05, 4.69) is 48.4 Å². The molecule has 4 heteroatoms. The quantitative estimate of drug-likeness (QED) is 0.846. The highest BCUT2D eigenvalue weighted by Gasteiger charge is 2.23. The number of anilines is 1. The van der Waals surface area contributed by atoms with E-state index in [1.165, 1.54) is 5.56 Å². The number of pyridine rings is 1. The van der Waals surface area contributed by atoms with Gasteiger partial charge >= 0.3 is 0 Å². The fourth-order valence-corrected chi connectivity index (χ4v) is 3.48. The molecule has 1 atom stereocenters. The van der Waals surface area contributed by atoms with Crippen LogP contribution in [0.1, 0.15) is 50.2 Å². The Hall–Kier alpha value is -2.36. The van der Waals surface area contributed by atoms with Crippen LogP contribution in [-0.2, 0) is 11.2 Å². The first kappa shape index (κ1) is 18.4. The first-order chi connectivity index (χ1) is 12.6. The molecule has 1 N–H and O–H groups in total. The van der Waals surface area contributed by atoms with Crippen LogP contribution in [-0.4, -0.2) is 34.9 Å². The Bertz CT molecular complexity index is 697. The fraction of sp³-hybridized carbons (Fsp3) is 0.455. The summed E-state index contributed by atoms with van der Waals surface area (Å²) in [5, 5.41) is 3.60. The molecule has 0 spiro atoms. The molecule has 1 aromatic carbocycles. The number of aryl methyl sites for hydroxylation is 1. The van der Waals surface area contributed by atoms with Crippen molar-refractivity contribution in [2.24, 2.45) is 0 Å². The molecule has 1 fully saturated rings. The van der Waals surface area contributed by atoms with Gasteiger partial charge in [-0.2, -0.15) is 0 Å². The molecular weight excluding hydrogens is 322 g/mol. The second-order valence-corrected chi connectivity index (χ2v) is 7.46. The van der Waals surface area contributed by atoms with E-state index in [1.807, 2.05) is 23.2 Å². The van der Waals surface area contributed by atoms with E-state index in [-0.39, 0.29) is 5.91 Å². The second-order valence-electron chi connectivity index (χ2n) is 7.46. The number of carbonyl (C=O) groups is 1. The lowest BCUT2D eigenvalue weighted by molar-refractivity contribution is -0.132. The minimum Gasteiger partial charge on any atom is -0.381 e. The third kappa shape index (κ3) is 5.07. The molecule has 0 bridgehead atoms. The molecule has 1 saturated heterocycles. The summed E-state index contributed by atoms with van der Waals surface area (Å²) in [6.45, 7) is 6.07. The third-order valence-electron chi connectivity index (χ3n) is 5.07. The number of nitrogens with one attached hydrogen (secondary N) is 1. The van der Waals surface area contributed by atoms with Gasteiger partial charge in [-0.25, -0.2) is 0 Å². The van der Waals surface area contributed by atoms with Crippen molar-refractivity contribution in [3.63, 3.8) is 0 Å². The van der Waals surface area contributed by atoms with E-state index < -0.39 is 0 Å². The fourth-order valence-electron chi connectivity index (χ4n) is 3.48. The highest BCUT2D eigenvalue weighted by molar-refractivity contribution is 5.76. The number of rotatable bonds is 6. The number of carbonyl (C=O) groups excluding carboxylic acids is 1. The van der Waals surface area contributed by atoms with Gasteiger partial charge < -0.3 is 10.2 Å². The van der Waals surface area contributed by atoms with E-state index in [0.717, 1.165) is 43.6 Å². The number of benzene rings is 1. The third-order valence-corrected chi connectivity index (χ3v) is 5.07. The van der Waals surface area contributed by atoms with Gasteiger partial charge in [0, 0.05) is 43.6 Å². The highest BCUT2D eigenvalue weighted by atomic mass is 16.2. The van der Waals surface area contributed by atoms with Crippen LogP contribution in [0.4, 0.5) is 5.69 Å². The number of aromatic nitrogens is 1. The Morgan fingerprint density at radius 1 is 1.27 bits per heavy atom. The average molecular weight is 351 g/mol. The van der Waals surface area contributed by atoms with Crippen LogP contribution in [0, 0.1) is 0 Å². The standard InChI is InChI=1S/C22H29N3O/c1-17(2)19-8-10-20(11-9-19)24-21-6-4-14-25(16-21)22(26)12-7-18-5-3-13-23-15-18/h3,5,8-11,13,15,17,21,24H,4,6-7,12,14,16H2,1-2H3/t21-/m0/s1. The predicted molar refractivity (Wildman–Crippen MR) is 106 cm³/mol. The predicted octanol–water partition coefficient (Wildman–Crippen LogP) is 4.24. The SMILES string of the molecule is CC(C)c1ccc(N[C@H]2CCCN(C(=O)CCc3cccnc3)C2)cc1. The van der Waals surface area contributed by atoms with Gasteiger partial charge in [-0.05, 0) is 54.5 Å². The lowest BCUT2D eigenvalue weighted by Gasteiger charge is -2.34. The minimum atomic E-state index is 0.246. The van der Waals surface area contributed by atoms with Crippen molar-refractivity contribution in [3.05, 3.63) is 59.9 Å². The van der Waals surface area contributed by atoms with Gasteiger partial charge in [-0.1, -0.05) is 32.0 Å². The van der Waals surface area contributed by atoms with Crippen LogP contribution < -0.4 is 5.32 Å². The normalized spacial score (nSPS) is 17.3. The number of hydrogen-bond acceptors (Lipinski definition) is 3. The molecule has 26 heavy (non-hydrogen) atoms. The van der Waals surface area contributed by atoms with E-state index in [1.54, 1.807) is 6.20 Å². The van der Waals surface area contributed by atoms with Crippen molar-refractivity contribution in [2.45, 2.75) is 51.5 Å². The Labute approximate surface area is 156 Å². The maximum Gasteiger partial charge on any atom is 0.222 e.